The number of thioether (sulfide) groups is 1. The van der Waals surface area contributed by atoms with E-state index in [9.17, 15) is 19.1 Å². The van der Waals surface area contributed by atoms with Crippen molar-refractivity contribution in [3.63, 3.8) is 0 Å². The molecule has 176 valence electrons. The largest absolute Gasteiger partial charge is 0.478 e. The number of aliphatic hydroxyl groups excluding tert-OH is 1. The maximum absolute atomic E-state index is 13.1. The Morgan fingerprint density at radius 3 is 1.75 bits per heavy atom. The minimum atomic E-state index is -1.23. The third-order valence-corrected chi connectivity index (χ3v) is 5.74. The average molecular weight is 465 g/mol. The number of aryl methyl sites for hydroxylation is 4. The van der Waals surface area contributed by atoms with Crippen molar-refractivity contribution >= 4 is 23.7 Å². The molecule has 5 nitrogen and oxygen atoms in total. The average Bonchev–Trinajstić information content (AvgIpc) is 3.04. The predicted octanol–water partition coefficient (Wildman–Crippen LogP) is 5.65. The first-order valence-corrected chi connectivity index (χ1v) is 11.5. The highest BCUT2D eigenvalue weighted by Gasteiger charge is 2.34. The van der Waals surface area contributed by atoms with Crippen LogP contribution in [0.3, 0.4) is 0 Å². The number of hydrogen-bond donors (Lipinski definition) is 2. The summed E-state index contributed by atoms with van der Waals surface area (Å²) in [5.74, 6) is -1.26. The molecule has 0 aromatic heterocycles. The molecule has 7 heteroatoms. The zero-order valence-electron chi connectivity index (χ0n) is 19.5. The molecular weight excluding hydrogens is 431 g/mol. The number of carboxylic acids is 1. The van der Waals surface area contributed by atoms with E-state index in [0.29, 0.717) is 11.1 Å². The molecule has 2 aromatic rings. The third kappa shape index (κ3) is 9.01. The molecule has 3 rings (SSSR count). The van der Waals surface area contributed by atoms with Crippen molar-refractivity contribution in [3.05, 3.63) is 69.8 Å². The molecule has 0 aliphatic carbocycles. The fraction of sp³-hybridized carbons (Fsp3) is 0.440. The van der Waals surface area contributed by atoms with E-state index in [1.54, 1.807) is 24.3 Å². The van der Waals surface area contributed by atoms with Gasteiger partial charge in [-0.2, -0.15) is 0 Å². The van der Waals surface area contributed by atoms with Gasteiger partial charge in [0.05, 0.1) is 11.1 Å². The molecule has 1 heterocycles. The molecule has 2 aromatic carbocycles. The number of hydrogen-bond acceptors (Lipinski definition) is 5. The molecule has 1 aliphatic heterocycles. The quantitative estimate of drug-likeness (QED) is 0.569. The van der Waals surface area contributed by atoms with Gasteiger partial charge in [-0.15, -0.1) is 11.8 Å². The minimum absolute atomic E-state index is 0.133. The summed E-state index contributed by atoms with van der Waals surface area (Å²) in [7, 11) is 0. The van der Waals surface area contributed by atoms with Gasteiger partial charge in [-0.25, -0.2) is 14.0 Å². The number of aliphatic hydroxyl groups is 1. The molecule has 0 saturated carbocycles. The number of carbonyl (C=O) groups is 2. The summed E-state index contributed by atoms with van der Waals surface area (Å²) in [4.78, 5) is 22.4. The lowest BCUT2D eigenvalue weighted by Crippen LogP contribution is -2.15. The van der Waals surface area contributed by atoms with Crippen LogP contribution in [0, 0.1) is 27.7 Å². The van der Waals surface area contributed by atoms with Crippen LogP contribution in [0.15, 0.2) is 36.4 Å². The molecule has 3 atom stereocenters. The van der Waals surface area contributed by atoms with Crippen LogP contribution in [-0.4, -0.2) is 45.6 Å². The number of carbonyl (C=O) groups excluding carboxylic acids is 1. The fourth-order valence-corrected chi connectivity index (χ4v) is 4.37. The summed E-state index contributed by atoms with van der Waals surface area (Å²) in [6, 6.07) is 10.8. The molecular formula is C25H33FO5S. The second kappa shape index (κ2) is 13.2. The molecule has 0 spiro atoms. The van der Waals surface area contributed by atoms with Gasteiger partial charge >= 0.3 is 11.9 Å². The second-order valence-electron chi connectivity index (χ2n) is 7.56. The summed E-state index contributed by atoms with van der Waals surface area (Å²) in [5, 5.41) is 17.7. The van der Waals surface area contributed by atoms with Gasteiger partial charge in [0.15, 0.2) is 0 Å². The van der Waals surface area contributed by atoms with E-state index < -0.39 is 23.5 Å². The van der Waals surface area contributed by atoms with Gasteiger partial charge in [0.25, 0.3) is 0 Å². The number of halogens is 1. The topological polar surface area (TPSA) is 83.8 Å². The smallest absolute Gasteiger partial charge is 0.338 e. The Balaban J connectivity index is 0.000000335. The van der Waals surface area contributed by atoms with E-state index in [4.69, 9.17) is 9.84 Å². The Kier molecular flexibility index (Phi) is 11.4. The van der Waals surface area contributed by atoms with E-state index in [1.165, 1.54) is 0 Å². The van der Waals surface area contributed by atoms with E-state index in [2.05, 4.69) is 0 Å². The van der Waals surface area contributed by atoms with E-state index in [0.717, 1.165) is 34.0 Å². The lowest BCUT2D eigenvalue weighted by atomic mass is 10.1. The zero-order chi connectivity index (χ0) is 24.4. The first-order chi connectivity index (χ1) is 15.0. The number of aromatic carboxylic acids is 1. The SMILES string of the molecule is CC.Cc1cc(C)cc(C(=O)O)c1.Cc1cc(C)cc(C(=O)OCC2CC(F)C(O)S2)c1. The van der Waals surface area contributed by atoms with Crippen LogP contribution in [0.2, 0.25) is 0 Å². The Morgan fingerprint density at radius 1 is 0.938 bits per heavy atom. The van der Waals surface area contributed by atoms with Gasteiger partial charge in [-0.3, -0.25) is 0 Å². The molecule has 0 radical (unpaired) electrons. The lowest BCUT2D eigenvalue weighted by Gasteiger charge is -2.10. The van der Waals surface area contributed by atoms with Gasteiger partial charge in [0.2, 0.25) is 0 Å². The van der Waals surface area contributed by atoms with Crippen LogP contribution in [0.1, 0.15) is 63.2 Å². The molecule has 1 aliphatic rings. The van der Waals surface area contributed by atoms with Gasteiger partial charge in [-0.05, 0) is 58.4 Å². The van der Waals surface area contributed by atoms with Crippen LogP contribution in [0.4, 0.5) is 4.39 Å². The third-order valence-electron chi connectivity index (χ3n) is 4.46. The molecule has 2 N–H and O–H groups in total. The number of esters is 1. The van der Waals surface area contributed by atoms with Crippen molar-refractivity contribution in [1.29, 1.82) is 0 Å². The number of alkyl halides is 1. The summed E-state index contributed by atoms with van der Waals surface area (Å²) in [6.45, 7) is 11.7. The highest BCUT2D eigenvalue weighted by atomic mass is 32.2. The Bertz CT molecular complexity index is 865. The summed E-state index contributed by atoms with van der Waals surface area (Å²) in [5.41, 5.74) is 3.86. The van der Waals surface area contributed by atoms with Crippen LogP contribution in [-0.2, 0) is 4.74 Å². The van der Waals surface area contributed by atoms with E-state index in [-0.39, 0.29) is 18.3 Å². The second-order valence-corrected chi connectivity index (χ2v) is 8.98. The Hall–Kier alpha value is -2.38. The van der Waals surface area contributed by atoms with Crippen LogP contribution < -0.4 is 0 Å². The van der Waals surface area contributed by atoms with Crippen molar-refractivity contribution in [1.82, 2.24) is 0 Å². The van der Waals surface area contributed by atoms with E-state index in [1.807, 2.05) is 53.7 Å². The van der Waals surface area contributed by atoms with Crippen LogP contribution in [0.5, 0.6) is 0 Å². The molecule has 32 heavy (non-hydrogen) atoms. The summed E-state index contributed by atoms with van der Waals surface area (Å²) < 4.78 is 18.3. The zero-order valence-corrected chi connectivity index (χ0v) is 20.3. The molecule has 3 unspecified atom stereocenters. The summed E-state index contributed by atoms with van der Waals surface area (Å²) >= 11 is 1.12. The number of ether oxygens (including phenoxy) is 1. The first-order valence-electron chi connectivity index (χ1n) is 10.6. The standard InChI is InChI=1S/C14H17FO3S.C9H10O2.C2H6/c1-8-3-9(2)5-10(4-8)13(16)18-7-11-6-12(15)14(17)19-11;1-6-3-7(2)5-8(4-6)9(10)11;1-2/h3-5,11-12,14,17H,6-7H2,1-2H3;3-5H,1-2H3,(H,10,11);1-2H3. The van der Waals surface area contributed by atoms with Gasteiger partial charge in [-0.1, -0.05) is 48.2 Å². The molecule has 1 saturated heterocycles. The Labute approximate surface area is 194 Å². The number of carboxylic acid groups (broad SMARTS) is 1. The van der Waals surface area contributed by atoms with Gasteiger partial charge < -0.3 is 14.9 Å². The minimum Gasteiger partial charge on any atom is -0.478 e. The maximum Gasteiger partial charge on any atom is 0.338 e. The molecule has 0 bridgehead atoms. The van der Waals surface area contributed by atoms with Crippen molar-refractivity contribution in [3.8, 4) is 0 Å². The molecule has 0 amide bonds. The molecule has 1 fully saturated rings. The maximum atomic E-state index is 13.1. The van der Waals surface area contributed by atoms with Crippen molar-refractivity contribution in [2.45, 2.75) is 64.8 Å². The van der Waals surface area contributed by atoms with Gasteiger partial charge in [0.1, 0.15) is 18.2 Å². The normalized spacial score (nSPS) is 19.2. The van der Waals surface area contributed by atoms with Gasteiger partial charge in [0, 0.05) is 5.25 Å². The van der Waals surface area contributed by atoms with Crippen molar-refractivity contribution in [2.75, 3.05) is 6.61 Å². The summed E-state index contributed by atoms with van der Waals surface area (Å²) in [6.07, 6.45) is -0.999. The highest BCUT2D eigenvalue weighted by molar-refractivity contribution is 8.00. The van der Waals surface area contributed by atoms with E-state index >= 15 is 0 Å². The monoisotopic (exact) mass is 464 g/mol. The van der Waals surface area contributed by atoms with Crippen LogP contribution in [0.25, 0.3) is 0 Å². The predicted molar refractivity (Wildman–Crippen MR) is 127 cm³/mol. The lowest BCUT2D eigenvalue weighted by molar-refractivity contribution is 0.0498. The highest BCUT2D eigenvalue weighted by Crippen LogP contribution is 2.34. The number of rotatable bonds is 4. The van der Waals surface area contributed by atoms with Crippen molar-refractivity contribution in [2.24, 2.45) is 0 Å². The Morgan fingerprint density at radius 2 is 1.38 bits per heavy atom. The number of benzene rings is 2. The van der Waals surface area contributed by atoms with Crippen LogP contribution >= 0.6 is 11.8 Å². The first kappa shape index (κ1) is 27.7. The fourth-order valence-electron chi connectivity index (χ4n) is 3.26. The van der Waals surface area contributed by atoms with Crippen molar-refractivity contribution < 1.29 is 28.9 Å².